The molecular formula is C18H30F2N5O6P. The zero-order valence-electron chi connectivity index (χ0n) is 19.2. The molecule has 1 saturated heterocycles. The highest BCUT2D eigenvalue weighted by atomic mass is 31.2. The van der Waals surface area contributed by atoms with Crippen molar-refractivity contribution >= 4 is 24.9 Å². The first-order valence-electron chi connectivity index (χ1n) is 10.1. The fraction of sp³-hybridized carbons (Fsp3) is 0.722. The van der Waals surface area contributed by atoms with Crippen molar-refractivity contribution in [2.75, 3.05) is 26.1 Å². The second-order valence-corrected chi connectivity index (χ2v) is 8.56. The van der Waals surface area contributed by atoms with Crippen LogP contribution in [0.25, 0.3) is 11.2 Å². The Morgan fingerprint density at radius 1 is 1.44 bits per heavy atom. The summed E-state index contributed by atoms with van der Waals surface area (Å²) in [7, 11) is -3.27. The van der Waals surface area contributed by atoms with Gasteiger partial charge in [0, 0.05) is 7.11 Å². The fourth-order valence-corrected chi connectivity index (χ4v) is 4.65. The molecule has 4 atom stereocenters. The van der Waals surface area contributed by atoms with Crippen molar-refractivity contribution in [1.82, 2.24) is 19.5 Å². The zero-order valence-corrected chi connectivity index (χ0v) is 20.1. The Hall–Kier alpha value is -1.92. The van der Waals surface area contributed by atoms with E-state index in [0.29, 0.717) is 0 Å². The first kappa shape index (κ1) is 26.3. The van der Waals surface area contributed by atoms with Crippen molar-refractivity contribution in [2.24, 2.45) is 0 Å². The number of methoxy groups -OCH3 is 1. The normalized spacial score (nSPS) is 27.6. The van der Waals surface area contributed by atoms with Crippen molar-refractivity contribution in [3.05, 3.63) is 6.33 Å². The molecule has 2 aromatic rings. The summed E-state index contributed by atoms with van der Waals surface area (Å²) >= 11 is 0. The second kappa shape index (κ2) is 9.92. The maximum Gasteiger partial charge on any atom is 0.475 e. The number of aromatic nitrogens is 4. The Bertz CT molecular complexity index is 975. The molecule has 32 heavy (non-hydrogen) atoms. The van der Waals surface area contributed by atoms with Crippen molar-refractivity contribution in [1.29, 1.82) is 0 Å². The smallest absolute Gasteiger partial charge is 0.475 e. The summed E-state index contributed by atoms with van der Waals surface area (Å²) in [6, 6.07) is 0. The van der Waals surface area contributed by atoms with E-state index in [2.05, 4.69) is 15.0 Å². The van der Waals surface area contributed by atoms with E-state index in [1.807, 2.05) is 13.8 Å². The van der Waals surface area contributed by atoms with Crippen molar-refractivity contribution in [2.45, 2.75) is 65.4 Å². The number of anilines is 1. The third-order valence-corrected chi connectivity index (χ3v) is 5.93. The number of nitrogen functional groups attached to an aromatic ring is 1. The monoisotopic (exact) mass is 481 g/mol. The molecule has 3 heterocycles. The van der Waals surface area contributed by atoms with E-state index in [1.54, 1.807) is 20.8 Å². The molecule has 1 fully saturated rings. The van der Waals surface area contributed by atoms with Gasteiger partial charge < -0.3 is 15.2 Å². The summed E-state index contributed by atoms with van der Waals surface area (Å²) < 4.78 is 70.8. The minimum absolute atomic E-state index is 0.0366. The molecule has 1 unspecified atom stereocenters. The van der Waals surface area contributed by atoms with Crippen molar-refractivity contribution < 1.29 is 36.4 Å². The Kier molecular flexibility index (Phi) is 8.16. The molecule has 0 spiro atoms. The van der Waals surface area contributed by atoms with Crippen LogP contribution in [0.4, 0.5) is 14.7 Å². The number of nitrogens with two attached hydrogens (primary N) is 1. The molecule has 0 radical (unpaired) electrons. The van der Waals surface area contributed by atoms with Gasteiger partial charge in [0.1, 0.15) is 6.61 Å². The number of imidazole rings is 1. The quantitative estimate of drug-likeness (QED) is 0.583. The average molecular weight is 481 g/mol. The predicted octanol–water partition coefficient (Wildman–Crippen LogP) is 3.74. The van der Waals surface area contributed by atoms with Crippen LogP contribution in [0, 0.1) is 0 Å². The SMILES string of the molecule is CC.CCOc1nc(N)nc2c1ncn2[C@](C)(F)[C@@H]1OP(=O)(OC(C)C)OC[C@@]1(F)OC. The lowest BCUT2D eigenvalue weighted by Crippen LogP contribution is -2.58. The average Bonchev–Trinajstić information content (AvgIpc) is 3.16. The molecule has 0 aromatic carbocycles. The minimum atomic E-state index is -4.28. The van der Waals surface area contributed by atoms with E-state index in [4.69, 9.17) is 28.8 Å². The second-order valence-electron chi connectivity index (χ2n) is 6.98. The van der Waals surface area contributed by atoms with Crippen LogP contribution in [0.1, 0.15) is 41.5 Å². The van der Waals surface area contributed by atoms with Crippen LogP contribution in [0.3, 0.4) is 0 Å². The number of phosphoric acid groups is 1. The highest BCUT2D eigenvalue weighted by molar-refractivity contribution is 7.48. The van der Waals surface area contributed by atoms with Crippen LogP contribution >= 0.6 is 7.82 Å². The lowest BCUT2D eigenvalue weighted by molar-refractivity contribution is -0.269. The van der Waals surface area contributed by atoms with E-state index in [-0.39, 0.29) is 29.6 Å². The number of fused-ring (bicyclic) bond motifs is 1. The molecule has 0 amide bonds. The maximum absolute atomic E-state index is 16.2. The summed E-state index contributed by atoms with van der Waals surface area (Å²) in [5.41, 5.74) is 5.72. The molecular weight excluding hydrogens is 451 g/mol. The van der Waals surface area contributed by atoms with Crippen LogP contribution < -0.4 is 10.5 Å². The number of hydrogen-bond acceptors (Lipinski definition) is 10. The lowest BCUT2D eigenvalue weighted by atomic mass is 10.0. The van der Waals surface area contributed by atoms with Gasteiger partial charge in [0.05, 0.1) is 19.0 Å². The van der Waals surface area contributed by atoms with Gasteiger partial charge in [-0.3, -0.25) is 18.1 Å². The van der Waals surface area contributed by atoms with Crippen molar-refractivity contribution in [3.8, 4) is 5.88 Å². The van der Waals surface area contributed by atoms with Gasteiger partial charge in [0.2, 0.25) is 17.6 Å². The first-order valence-corrected chi connectivity index (χ1v) is 11.6. The van der Waals surface area contributed by atoms with Gasteiger partial charge >= 0.3 is 7.82 Å². The van der Waals surface area contributed by atoms with Crippen LogP contribution in [-0.2, 0) is 28.7 Å². The third kappa shape index (κ3) is 5.01. The number of nitrogens with zero attached hydrogens (tertiary/aromatic N) is 4. The largest absolute Gasteiger partial charge is 0.476 e. The molecule has 11 nitrogen and oxygen atoms in total. The summed E-state index contributed by atoms with van der Waals surface area (Å²) in [6.07, 6.45) is -1.60. The molecule has 14 heteroatoms. The van der Waals surface area contributed by atoms with E-state index < -0.39 is 38.3 Å². The summed E-state index contributed by atoms with van der Waals surface area (Å²) in [5, 5.41) is 0. The summed E-state index contributed by atoms with van der Waals surface area (Å²) in [6.45, 7) is 9.23. The van der Waals surface area contributed by atoms with Crippen LogP contribution in [0.15, 0.2) is 6.33 Å². The van der Waals surface area contributed by atoms with Gasteiger partial charge in [0.15, 0.2) is 17.3 Å². The Balaban J connectivity index is 0.00000176. The number of rotatable bonds is 7. The van der Waals surface area contributed by atoms with Gasteiger partial charge in [0.25, 0.3) is 5.85 Å². The van der Waals surface area contributed by atoms with Gasteiger partial charge in [-0.25, -0.2) is 18.3 Å². The molecule has 1 aliphatic heterocycles. The van der Waals surface area contributed by atoms with Gasteiger partial charge in [-0.05, 0) is 27.7 Å². The molecule has 0 saturated carbocycles. The topological polar surface area (TPSA) is 133 Å². The van der Waals surface area contributed by atoms with Crippen LogP contribution in [0.5, 0.6) is 5.88 Å². The number of phosphoric ester groups is 1. The number of ether oxygens (including phenoxy) is 2. The Morgan fingerprint density at radius 2 is 2.09 bits per heavy atom. The molecule has 0 bridgehead atoms. The zero-order chi connectivity index (χ0) is 24.3. The summed E-state index contributed by atoms with van der Waals surface area (Å²) in [5.74, 6) is -5.68. The van der Waals surface area contributed by atoms with Gasteiger partial charge in [-0.1, -0.05) is 13.8 Å². The number of alkyl halides is 2. The van der Waals surface area contributed by atoms with E-state index >= 15 is 8.78 Å². The van der Waals surface area contributed by atoms with Crippen LogP contribution in [-0.4, -0.2) is 57.9 Å². The van der Waals surface area contributed by atoms with E-state index in [1.165, 1.54) is 0 Å². The van der Waals surface area contributed by atoms with E-state index in [9.17, 15) is 4.57 Å². The van der Waals surface area contributed by atoms with Gasteiger partial charge in [-0.2, -0.15) is 9.97 Å². The van der Waals surface area contributed by atoms with E-state index in [0.717, 1.165) is 24.9 Å². The van der Waals surface area contributed by atoms with Gasteiger partial charge in [-0.15, -0.1) is 0 Å². The molecule has 3 rings (SSSR count). The highest BCUT2D eigenvalue weighted by Gasteiger charge is 2.61. The number of halogens is 2. The molecule has 2 N–H and O–H groups in total. The standard InChI is InChI=1S/C16H24F2N5O6P.C2H6/c1-6-26-12-10-11(21-14(19)22-12)23(8-20-10)15(4,17)13-16(18,25-5)7-27-30(24,29-13)28-9(2)3;1-2/h8-9,13H,6-7H2,1-5H3,(H2,19,21,22);1-2H3/t13-,15-,16+,30?;/m0./s1. The third-order valence-electron chi connectivity index (χ3n) is 4.34. The molecule has 0 aliphatic carbocycles. The van der Waals surface area contributed by atoms with Crippen LogP contribution in [0.2, 0.25) is 0 Å². The summed E-state index contributed by atoms with van der Waals surface area (Å²) in [4.78, 5) is 12.0. The first-order chi connectivity index (χ1) is 15.0. The predicted molar refractivity (Wildman–Crippen MR) is 113 cm³/mol. The molecule has 1 aliphatic rings. The lowest BCUT2D eigenvalue weighted by Gasteiger charge is -2.43. The highest BCUT2D eigenvalue weighted by Crippen LogP contribution is 2.59. The molecule has 182 valence electrons. The Labute approximate surface area is 185 Å². The van der Waals surface area contributed by atoms with Crippen molar-refractivity contribution in [3.63, 3.8) is 0 Å². The minimum Gasteiger partial charge on any atom is -0.476 e. The number of hydrogen-bond donors (Lipinski definition) is 1. The molecule has 2 aromatic heterocycles. The fourth-order valence-electron chi connectivity index (χ4n) is 3.02. The maximum atomic E-state index is 16.2. The Morgan fingerprint density at radius 3 is 2.66 bits per heavy atom.